The highest BCUT2D eigenvalue weighted by Crippen LogP contribution is 2.30. The minimum Gasteiger partial charge on any atom is -0.481 e. The number of hydrogen-bond donors (Lipinski definition) is 3. The molecule has 0 atom stereocenters. The molecule has 19 heavy (non-hydrogen) atoms. The van der Waals surface area contributed by atoms with Gasteiger partial charge in [0.1, 0.15) is 0 Å². The van der Waals surface area contributed by atoms with Gasteiger partial charge in [-0.15, -0.1) is 0 Å². The first kappa shape index (κ1) is 13.5. The SMILES string of the molecule is NC1(C(=O)Nc2cccc(CCC(=O)O)c2)CCC1. The number of nitrogens with two attached hydrogens (primary N) is 1. The number of carbonyl (C=O) groups is 2. The van der Waals surface area contributed by atoms with Crippen LogP contribution in [0.1, 0.15) is 31.2 Å². The molecule has 5 nitrogen and oxygen atoms in total. The van der Waals surface area contributed by atoms with E-state index in [-0.39, 0.29) is 12.3 Å². The Bertz CT molecular complexity index is 495. The number of aryl methyl sites for hydroxylation is 1. The summed E-state index contributed by atoms with van der Waals surface area (Å²) in [6.45, 7) is 0. The first-order valence-corrected chi connectivity index (χ1v) is 6.41. The molecule has 1 aliphatic carbocycles. The fraction of sp³-hybridized carbons (Fsp3) is 0.429. The monoisotopic (exact) mass is 262 g/mol. The average Bonchev–Trinajstić information content (AvgIpc) is 2.34. The number of rotatable bonds is 5. The molecule has 0 unspecified atom stereocenters. The van der Waals surface area contributed by atoms with Crippen LogP contribution in [-0.4, -0.2) is 22.5 Å². The molecule has 102 valence electrons. The topological polar surface area (TPSA) is 92.4 Å². The van der Waals surface area contributed by atoms with Crippen LogP contribution in [-0.2, 0) is 16.0 Å². The van der Waals surface area contributed by atoms with Crippen LogP contribution in [0.3, 0.4) is 0 Å². The van der Waals surface area contributed by atoms with Crippen molar-refractivity contribution < 1.29 is 14.7 Å². The standard InChI is InChI=1S/C14H18N2O3/c15-14(7-2-8-14)13(19)16-11-4-1-3-10(9-11)5-6-12(17)18/h1,3-4,9H,2,5-8,15H2,(H,16,19)(H,17,18). The number of carboxylic acids is 1. The summed E-state index contributed by atoms with van der Waals surface area (Å²) in [4.78, 5) is 22.5. The van der Waals surface area contributed by atoms with Gasteiger partial charge in [-0.05, 0) is 43.4 Å². The first-order chi connectivity index (χ1) is 8.99. The summed E-state index contributed by atoms with van der Waals surface area (Å²) >= 11 is 0. The third kappa shape index (κ3) is 3.32. The van der Waals surface area contributed by atoms with Crippen LogP contribution in [0.25, 0.3) is 0 Å². The van der Waals surface area contributed by atoms with Crippen molar-refractivity contribution in [1.82, 2.24) is 0 Å². The lowest BCUT2D eigenvalue weighted by Gasteiger charge is -2.36. The van der Waals surface area contributed by atoms with Crippen molar-refractivity contribution in [2.24, 2.45) is 5.73 Å². The molecule has 1 saturated carbocycles. The van der Waals surface area contributed by atoms with Gasteiger partial charge in [-0.2, -0.15) is 0 Å². The molecule has 5 heteroatoms. The second kappa shape index (κ2) is 5.40. The van der Waals surface area contributed by atoms with Crippen molar-refractivity contribution in [3.8, 4) is 0 Å². The van der Waals surface area contributed by atoms with Crippen LogP contribution < -0.4 is 11.1 Å². The zero-order valence-electron chi connectivity index (χ0n) is 10.7. The molecule has 0 aromatic heterocycles. The van der Waals surface area contributed by atoms with Crippen molar-refractivity contribution in [1.29, 1.82) is 0 Å². The highest BCUT2D eigenvalue weighted by Gasteiger charge is 2.40. The number of carbonyl (C=O) groups excluding carboxylic acids is 1. The van der Waals surface area contributed by atoms with Crippen LogP contribution >= 0.6 is 0 Å². The van der Waals surface area contributed by atoms with Gasteiger partial charge in [0.15, 0.2) is 0 Å². The molecule has 1 aromatic rings. The molecule has 1 aromatic carbocycles. The quantitative estimate of drug-likeness (QED) is 0.750. The highest BCUT2D eigenvalue weighted by molar-refractivity contribution is 5.98. The van der Waals surface area contributed by atoms with Crippen LogP contribution in [0.15, 0.2) is 24.3 Å². The minimum atomic E-state index is -0.829. The number of hydrogen-bond acceptors (Lipinski definition) is 3. The van der Waals surface area contributed by atoms with E-state index in [1.165, 1.54) is 0 Å². The second-order valence-electron chi connectivity index (χ2n) is 5.06. The van der Waals surface area contributed by atoms with Crippen molar-refractivity contribution in [3.05, 3.63) is 29.8 Å². The Morgan fingerprint density at radius 3 is 2.68 bits per heavy atom. The van der Waals surface area contributed by atoms with Gasteiger partial charge in [-0.1, -0.05) is 12.1 Å². The van der Waals surface area contributed by atoms with E-state index in [1.807, 2.05) is 6.07 Å². The number of nitrogens with one attached hydrogen (secondary N) is 1. The van der Waals surface area contributed by atoms with Crippen LogP contribution in [0.5, 0.6) is 0 Å². The van der Waals surface area contributed by atoms with Crippen LogP contribution in [0.4, 0.5) is 5.69 Å². The number of aliphatic carboxylic acids is 1. The van der Waals surface area contributed by atoms with Crippen LogP contribution in [0.2, 0.25) is 0 Å². The zero-order valence-corrected chi connectivity index (χ0v) is 10.7. The maximum Gasteiger partial charge on any atom is 0.303 e. The minimum absolute atomic E-state index is 0.0816. The van der Waals surface area contributed by atoms with Crippen molar-refractivity contribution >= 4 is 17.6 Å². The van der Waals surface area contributed by atoms with E-state index in [0.717, 1.165) is 24.8 Å². The third-order valence-electron chi connectivity index (χ3n) is 3.51. The zero-order chi connectivity index (χ0) is 13.9. The molecule has 1 aliphatic rings. The fourth-order valence-corrected chi connectivity index (χ4v) is 2.10. The molecule has 0 heterocycles. The van der Waals surface area contributed by atoms with Gasteiger partial charge in [0.05, 0.1) is 5.54 Å². The van der Waals surface area contributed by atoms with Gasteiger partial charge in [0, 0.05) is 12.1 Å². The molecular weight excluding hydrogens is 244 g/mol. The molecule has 2 rings (SSSR count). The van der Waals surface area contributed by atoms with Crippen molar-refractivity contribution in [2.45, 2.75) is 37.6 Å². The Morgan fingerprint density at radius 1 is 1.37 bits per heavy atom. The molecule has 0 radical (unpaired) electrons. The summed E-state index contributed by atoms with van der Waals surface area (Å²) in [5.41, 5.74) is 6.78. The maximum absolute atomic E-state index is 12.0. The molecule has 4 N–H and O–H groups in total. The smallest absolute Gasteiger partial charge is 0.303 e. The summed E-state index contributed by atoms with van der Waals surface area (Å²) in [6.07, 6.45) is 2.96. The Kier molecular flexibility index (Phi) is 3.85. The van der Waals surface area contributed by atoms with E-state index in [2.05, 4.69) is 5.32 Å². The Balaban J connectivity index is 1.98. The molecule has 0 saturated heterocycles. The van der Waals surface area contributed by atoms with Gasteiger partial charge in [-0.3, -0.25) is 9.59 Å². The van der Waals surface area contributed by atoms with Gasteiger partial charge < -0.3 is 16.2 Å². The summed E-state index contributed by atoms with van der Waals surface area (Å²) in [6, 6.07) is 7.23. The molecule has 1 amide bonds. The van der Waals surface area contributed by atoms with Gasteiger partial charge in [-0.25, -0.2) is 0 Å². The number of anilines is 1. The third-order valence-corrected chi connectivity index (χ3v) is 3.51. The van der Waals surface area contributed by atoms with Crippen molar-refractivity contribution in [3.63, 3.8) is 0 Å². The van der Waals surface area contributed by atoms with Crippen molar-refractivity contribution in [2.75, 3.05) is 5.32 Å². The lowest BCUT2D eigenvalue weighted by Crippen LogP contribution is -2.56. The number of benzene rings is 1. The summed E-state index contributed by atoms with van der Waals surface area (Å²) in [5, 5.41) is 11.5. The number of amides is 1. The Morgan fingerprint density at radius 2 is 2.11 bits per heavy atom. The van der Waals surface area contributed by atoms with Gasteiger partial charge >= 0.3 is 5.97 Å². The Hall–Kier alpha value is -1.88. The summed E-state index contributed by atoms with van der Waals surface area (Å²) in [5.74, 6) is -0.987. The number of carboxylic acid groups (broad SMARTS) is 1. The highest BCUT2D eigenvalue weighted by atomic mass is 16.4. The molecule has 0 spiro atoms. The van der Waals surface area contributed by atoms with Crippen LogP contribution in [0, 0.1) is 0 Å². The molecule has 0 aliphatic heterocycles. The summed E-state index contributed by atoms with van der Waals surface area (Å²) in [7, 11) is 0. The maximum atomic E-state index is 12.0. The lowest BCUT2D eigenvalue weighted by molar-refractivity contribution is -0.137. The van der Waals surface area contributed by atoms with E-state index < -0.39 is 11.5 Å². The molecule has 1 fully saturated rings. The van der Waals surface area contributed by atoms with E-state index in [9.17, 15) is 9.59 Å². The largest absolute Gasteiger partial charge is 0.481 e. The predicted octanol–water partition coefficient (Wildman–Crippen LogP) is 1.52. The van der Waals surface area contributed by atoms with Gasteiger partial charge in [0.2, 0.25) is 5.91 Å². The normalized spacial score (nSPS) is 16.5. The van der Waals surface area contributed by atoms with E-state index in [4.69, 9.17) is 10.8 Å². The summed E-state index contributed by atoms with van der Waals surface area (Å²) < 4.78 is 0. The second-order valence-corrected chi connectivity index (χ2v) is 5.06. The Labute approximate surface area is 111 Å². The predicted molar refractivity (Wildman–Crippen MR) is 71.8 cm³/mol. The average molecular weight is 262 g/mol. The van der Waals surface area contributed by atoms with E-state index in [0.29, 0.717) is 12.1 Å². The lowest BCUT2D eigenvalue weighted by atomic mass is 9.77. The van der Waals surface area contributed by atoms with E-state index >= 15 is 0 Å². The molecule has 0 bridgehead atoms. The van der Waals surface area contributed by atoms with E-state index in [1.54, 1.807) is 18.2 Å². The van der Waals surface area contributed by atoms with Gasteiger partial charge in [0.25, 0.3) is 0 Å². The fourth-order valence-electron chi connectivity index (χ4n) is 2.10. The first-order valence-electron chi connectivity index (χ1n) is 6.41. The molecular formula is C14H18N2O3.